The SMILES string of the molecule is CCn1c(=O)n(CC)c2cc(-c3cncn3CC(C)N3CCCCC3)ccc21. The van der Waals surface area contributed by atoms with Gasteiger partial charge in [0.15, 0.2) is 0 Å². The van der Waals surface area contributed by atoms with Crippen LogP contribution in [0.3, 0.4) is 0 Å². The zero-order chi connectivity index (χ0) is 19.7. The van der Waals surface area contributed by atoms with Gasteiger partial charge in [-0.15, -0.1) is 0 Å². The molecule has 0 saturated carbocycles. The lowest BCUT2D eigenvalue weighted by Crippen LogP contribution is -2.39. The fourth-order valence-electron chi connectivity index (χ4n) is 4.56. The minimum absolute atomic E-state index is 0.0735. The van der Waals surface area contributed by atoms with Crippen LogP contribution in [-0.2, 0) is 19.6 Å². The van der Waals surface area contributed by atoms with Crippen molar-refractivity contribution in [3.8, 4) is 11.3 Å². The number of hydrogen-bond donors (Lipinski definition) is 0. The molecule has 3 aromatic rings. The highest BCUT2D eigenvalue weighted by atomic mass is 16.1. The number of imidazole rings is 2. The second-order valence-electron chi connectivity index (χ2n) is 7.85. The Morgan fingerprint density at radius 2 is 1.75 bits per heavy atom. The number of piperidine rings is 1. The molecule has 4 rings (SSSR count). The van der Waals surface area contributed by atoms with Crippen LogP contribution in [0, 0.1) is 0 Å². The lowest BCUT2D eigenvalue weighted by Gasteiger charge is -2.32. The molecule has 1 unspecified atom stereocenters. The first-order valence-electron chi connectivity index (χ1n) is 10.6. The highest BCUT2D eigenvalue weighted by Crippen LogP contribution is 2.25. The Hall–Kier alpha value is -2.34. The molecule has 28 heavy (non-hydrogen) atoms. The third kappa shape index (κ3) is 3.30. The summed E-state index contributed by atoms with van der Waals surface area (Å²) in [6.45, 7) is 11.1. The molecule has 6 nitrogen and oxygen atoms in total. The van der Waals surface area contributed by atoms with Crippen molar-refractivity contribution in [3.05, 3.63) is 41.2 Å². The summed E-state index contributed by atoms with van der Waals surface area (Å²) in [7, 11) is 0. The van der Waals surface area contributed by atoms with Crippen LogP contribution in [0.1, 0.15) is 40.0 Å². The molecule has 150 valence electrons. The number of likely N-dealkylation sites (tertiary alicyclic amines) is 1. The van der Waals surface area contributed by atoms with Crippen LogP contribution in [0.25, 0.3) is 22.3 Å². The minimum atomic E-state index is 0.0735. The van der Waals surface area contributed by atoms with Crippen molar-refractivity contribution in [3.63, 3.8) is 0 Å². The molecule has 0 amide bonds. The molecule has 0 aliphatic carbocycles. The van der Waals surface area contributed by atoms with Gasteiger partial charge in [-0.1, -0.05) is 12.5 Å². The second kappa shape index (κ2) is 7.95. The number of rotatable bonds is 6. The van der Waals surface area contributed by atoms with E-state index >= 15 is 0 Å². The summed E-state index contributed by atoms with van der Waals surface area (Å²) in [5.74, 6) is 0. The quantitative estimate of drug-likeness (QED) is 0.656. The lowest BCUT2D eigenvalue weighted by molar-refractivity contribution is 0.160. The van der Waals surface area contributed by atoms with Crippen molar-refractivity contribution in [2.24, 2.45) is 0 Å². The molecule has 6 heteroatoms. The standard InChI is InChI=1S/C22H31N5O/c1-4-26-19-10-9-18(13-20(19)27(5-2)22(26)28)21-14-23-16-25(21)15-17(3)24-11-7-6-8-12-24/h9-10,13-14,16-17H,4-8,11-12,15H2,1-3H3. The number of hydrogen-bond acceptors (Lipinski definition) is 3. The molecule has 0 bridgehead atoms. The van der Waals surface area contributed by atoms with E-state index in [2.05, 4.69) is 39.6 Å². The maximum absolute atomic E-state index is 12.6. The van der Waals surface area contributed by atoms with E-state index in [1.165, 1.54) is 32.4 Å². The second-order valence-corrected chi connectivity index (χ2v) is 7.85. The van der Waals surface area contributed by atoms with E-state index < -0.39 is 0 Å². The van der Waals surface area contributed by atoms with Crippen molar-refractivity contribution in [1.29, 1.82) is 0 Å². The van der Waals surface area contributed by atoms with Gasteiger partial charge in [0, 0.05) is 31.2 Å². The monoisotopic (exact) mass is 381 g/mol. The first kappa shape index (κ1) is 19.0. The van der Waals surface area contributed by atoms with E-state index in [1.807, 2.05) is 35.5 Å². The Morgan fingerprint density at radius 1 is 1.04 bits per heavy atom. The number of benzene rings is 1. The maximum atomic E-state index is 12.6. The summed E-state index contributed by atoms with van der Waals surface area (Å²) in [4.78, 5) is 19.7. The Labute approximate surface area is 166 Å². The first-order chi connectivity index (χ1) is 13.6. The Bertz CT molecular complexity index is 1010. The van der Waals surface area contributed by atoms with Gasteiger partial charge in [0.05, 0.1) is 29.3 Å². The van der Waals surface area contributed by atoms with Crippen LogP contribution >= 0.6 is 0 Å². The summed E-state index contributed by atoms with van der Waals surface area (Å²) >= 11 is 0. The summed E-state index contributed by atoms with van der Waals surface area (Å²) in [5.41, 5.74) is 4.32. The van der Waals surface area contributed by atoms with Crippen molar-refractivity contribution in [1.82, 2.24) is 23.6 Å². The van der Waals surface area contributed by atoms with Gasteiger partial charge in [0.1, 0.15) is 0 Å². The lowest BCUT2D eigenvalue weighted by atomic mass is 10.1. The summed E-state index contributed by atoms with van der Waals surface area (Å²) in [6.07, 6.45) is 7.84. The Kier molecular flexibility index (Phi) is 5.40. The number of nitrogens with zero attached hydrogens (tertiary/aromatic N) is 5. The molecule has 0 spiro atoms. The molecule has 1 saturated heterocycles. The predicted molar refractivity (Wildman–Crippen MR) is 114 cm³/mol. The molecule has 0 N–H and O–H groups in total. The average Bonchev–Trinajstić information content (AvgIpc) is 3.29. The van der Waals surface area contributed by atoms with Gasteiger partial charge < -0.3 is 4.57 Å². The maximum Gasteiger partial charge on any atom is 0.329 e. The van der Waals surface area contributed by atoms with Crippen LogP contribution < -0.4 is 5.69 Å². The van der Waals surface area contributed by atoms with Crippen LogP contribution in [0.5, 0.6) is 0 Å². The molecule has 1 aliphatic heterocycles. The van der Waals surface area contributed by atoms with E-state index in [0.717, 1.165) is 28.8 Å². The van der Waals surface area contributed by atoms with Gasteiger partial charge in [-0.05, 0) is 58.8 Å². The molecule has 1 atom stereocenters. The molecule has 2 aromatic heterocycles. The zero-order valence-corrected chi connectivity index (χ0v) is 17.3. The van der Waals surface area contributed by atoms with E-state index in [4.69, 9.17) is 0 Å². The molecule has 1 aromatic carbocycles. The summed E-state index contributed by atoms with van der Waals surface area (Å²) in [5, 5.41) is 0. The molecule has 1 aliphatic rings. The van der Waals surface area contributed by atoms with Crippen LogP contribution in [0.2, 0.25) is 0 Å². The van der Waals surface area contributed by atoms with E-state index in [-0.39, 0.29) is 5.69 Å². The van der Waals surface area contributed by atoms with E-state index in [0.29, 0.717) is 19.1 Å². The fraction of sp³-hybridized carbons (Fsp3) is 0.545. The van der Waals surface area contributed by atoms with Crippen molar-refractivity contribution in [2.75, 3.05) is 13.1 Å². The molecule has 1 fully saturated rings. The molecule has 3 heterocycles. The predicted octanol–water partition coefficient (Wildman–Crippen LogP) is 3.58. The molecular weight excluding hydrogens is 350 g/mol. The topological polar surface area (TPSA) is 48.0 Å². The average molecular weight is 382 g/mol. The highest BCUT2D eigenvalue weighted by Gasteiger charge is 2.19. The number of aryl methyl sites for hydroxylation is 2. The van der Waals surface area contributed by atoms with E-state index in [1.54, 1.807) is 0 Å². The smallest absolute Gasteiger partial charge is 0.329 e. The van der Waals surface area contributed by atoms with Gasteiger partial charge in [-0.2, -0.15) is 0 Å². The third-order valence-corrected chi connectivity index (χ3v) is 6.13. The van der Waals surface area contributed by atoms with Crippen LogP contribution in [-0.4, -0.2) is 42.7 Å². The highest BCUT2D eigenvalue weighted by molar-refractivity contribution is 5.82. The van der Waals surface area contributed by atoms with Gasteiger partial charge in [-0.3, -0.25) is 14.0 Å². The third-order valence-electron chi connectivity index (χ3n) is 6.13. The summed E-state index contributed by atoms with van der Waals surface area (Å²) < 4.78 is 5.96. The van der Waals surface area contributed by atoms with Gasteiger partial charge in [0.2, 0.25) is 0 Å². The van der Waals surface area contributed by atoms with Gasteiger partial charge >= 0.3 is 5.69 Å². The van der Waals surface area contributed by atoms with Crippen LogP contribution in [0.4, 0.5) is 0 Å². The van der Waals surface area contributed by atoms with Crippen molar-refractivity contribution < 1.29 is 0 Å². The molecular formula is C22H31N5O. The largest absolute Gasteiger partial charge is 0.329 e. The normalized spacial score (nSPS) is 16.7. The van der Waals surface area contributed by atoms with Gasteiger partial charge in [0.25, 0.3) is 0 Å². The summed E-state index contributed by atoms with van der Waals surface area (Å²) in [6, 6.07) is 6.83. The fourth-order valence-corrected chi connectivity index (χ4v) is 4.56. The Morgan fingerprint density at radius 3 is 2.46 bits per heavy atom. The van der Waals surface area contributed by atoms with Crippen LogP contribution in [0.15, 0.2) is 35.5 Å². The number of aromatic nitrogens is 4. The van der Waals surface area contributed by atoms with E-state index in [9.17, 15) is 4.79 Å². The van der Waals surface area contributed by atoms with Crippen molar-refractivity contribution in [2.45, 2.75) is 65.7 Å². The van der Waals surface area contributed by atoms with Crippen molar-refractivity contribution >= 4 is 11.0 Å². The first-order valence-corrected chi connectivity index (χ1v) is 10.6. The van der Waals surface area contributed by atoms with Gasteiger partial charge in [-0.25, -0.2) is 9.78 Å². The molecule has 0 radical (unpaired) electrons. The number of fused-ring (bicyclic) bond motifs is 1. The zero-order valence-electron chi connectivity index (χ0n) is 17.3. The minimum Gasteiger partial charge on any atom is -0.329 e. The Balaban J connectivity index is 1.67.